The van der Waals surface area contributed by atoms with E-state index < -0.39 is 29.4 Å². The largest absolute Gasteiger partial charge is 0.476 e. The molecule has 0 spiro atoms. The van der Waals surface area contributed by atoms with Crippen LogP contribution in [0.1, 0.15) is 50.1 Å². The normalized spacial score (nSPS) is 16.2. The Hall–Kier alpha value is -3.36. The molecule has 4 rings (SSSR count). The molecule has 0 aliphatic carbocycles. The van der Waals surface area contributed by atoms with Crippen molar-refractivity contribution in [1.29, 1.82) is 0 Å². The molecule has 1 amide bonds. The molecule has 1 N–H and O–H groups in total. The second-order valence-corrected chi connectivity index (χ2v) is 8.39. The van der Waals surface area contributed by atoms with Crippen molar-refractivity contribution in [2.75, 3.05) is 17.3 Å². The number of rotatable bonds is 4. The molecule has 1 aliphatic heterocycles. The van der Waals surface area contributed by atoms with Crippen molar-refractivity contribution in [3.05, 3.63) is 53.0 Å². The molecule has 0 saturated heterocycles. The summed E-state index contributed by atoms with van der Waals surface area (Å²) in [6.07, 6.45) is -2.91. The van der Waals surface area contributed by atoms with Gasteiger partial charge in [0.25, 0.3) is 12.3 Å². The second kappa shape index (κ2) is 7.65. The first-order chi connectivity index (χ1) is 15.0. The first-order valence-electron chi connectivity index (χ1n) is 10.1. The lowest BCUT2D eigenvalue weighted by atomic mass is 10.0. The highest BCUT2D eigenvalue weighted by Crippen LogP contribution is 2.42. The van der Waals surface area contributed by atoms with Crippen molar-refractivity contribution in [2.24, 2.45) is 0 Å². The summed E-state index contributed by atoms with van der Waals surface area (Å²) in [5.41, 5.74) is -0.352. The van der Waals surface area contributed by atoms with Crippen LogP contribution in [0.3, 0.4) is 0 Å². The molecular formula is C23H23F3N4O2. The van der Waals surface area contributed by atoms with E-state index in [2.05, 4.69) is 15.5 Å². The van der Waals surface area contributed by atoms with Crippen LogP contribution in [-0.2, 0) is 4.79 Å². The van der Waals surface area contributed by atoms with Crippen LogP contribution in [0, 0.1) is 12.7 Å². The Kier molecular flexibility index (Phi) is 5.22. The number of carbonyl (C=O) groups excluding carboxylic acids is 1. The predicted octanol–water partition coefficient (Wildman–Crippen LogP) is 5.32. The topological polar surface area (TPSA) is 67.4 Å². The number of anilines is 2. The maximum Gasteiger partial charge on any atom is 0.270 e. The molecule has 3 aromatic rings. The fourth-order valence-corrected chi connectivity index (χ4v) is 3.93. The van der Waals surface area contributed by atoms with Crippen molar-refractivity contribution in [3.8, 4) is 5.75 Å². The fourth-order valence-electron chi connectivity index (χ4n) is 3.93. The van der Waals surface area contributed by atoms with Crippen molar-refractivity contribution in [3.63, 3.8) is 0 Å². The summed E-state index contributed by atoms with van der Waals surface area (Å²) in [5.74, 6) is -0.272. The van der Waals surface area contributed by atoms with Crippen LogP contribution in [0.15, 0.2) is 30.3 Å². The first-order valence-corrected chi connectivity index (χ1v) is 10.1. The molecular weight excluding hydrogens is 421 g/mol. The van der Waals surface area contributed by atoms with Gasteiger partial charge >= 0.3 is 0 Å². The Bertz CT molecular complexity index is 1230. The van der Waals surface area contributed by atoms with Gasteiger partial charge in [0.05, 0.1) is 23.0 Å². The minimum absolute atomic E-state index is 0.0914. The monoisotopic (exact) mass is 444 g/mol. The highest BCUT2D eigenvalue weighted by molar-refractivity contribution is 6.06. The van der Waals surface area contributed by atoms with Gasteiger partial charge in [0.2, 0.25) is 0 Å². The van der Waals surface area contributed by atoms with Gasteiger partial charge in [-0.25, -0.2) is 13.2 Å². The Morgan fingerprint density at radius 2 is 1.81 bits per heavy atom. The molecule has 9 heteroatoms. The number of benzene rings is 2. The third-order valence-electron chi connectivity index (χ3n) is 5.70. The Morgan fingerprint density at radius 1 is 1.12 bits per heavy atom. The molecule has 1 aromatic heterocycles. The number of alkyl halides is 2. The van der Waals surface area contributed by atoms with E-state index in [1.165, 1.54) is 17.0 Å². The number of hydrogen-bond acceptors (Lipinski definition) is 5. The van der Waals surface area contributed by atoms with Gasteiger partial charge in [-0.3, -0.25) is 4.79 Å². The number of ether oxygens (including phenoxy) is 1. The number of aryl methyl sites for hydroxylation is 1. The van der Waals surface area contributed by atoms with Gasteiger partial charge < -0.3 is 15.0 Å². The number of nitrogens with zero attached hydrogens (tertiary/aromatic N) is 3. The smallest absolute Gasteiger partial charge is 0.270 e. The molecule has 1 aliphatic rings. The average molecular weight is 444 g/mol. The van der Waals surface area contributed by atoms with E-state index in [1.54, 1.807) is 46.9 Å². The fraction of sp³-hybridized carbons (Fsp3) is 0.348. The number of likely N-dealkylation sites (N-methyl/N-ethyl adjacent to an activating group) is 1. The molecule has 2 heterocycles. The Labute approximate surface area is 183 Å². The van der Waals surface area contributed by atoms with E-state index in [0.717, 1.165) is 11.5 Å². The zero-order chi connectivity index (χ0) is 23.4. The van der Waals surface area contributed by atoms with Gasteiger partial charge in [-0.2, -0.15) is 5.10 Å². The number of aromatic nitrogens is 2. The summed E-state index contributed by atoms with van der Waals surface area (Å²) in [5, 5.41) is 12.9. The summed E-state index contributed by atoms with van der Waals surface area (Å²) in [6.45, 7) is 6.85. The van der Waals surface area contributed by atoms with Crippen molar-refractivity contribution >= 4 is 28.2 Å². The van der Waals surface area contributed by atoms with Crippen molar-refractivity contribution in [1.82, 2.24) is 10.2 Å². The van der Waals surface area contributed by atoms with Crippen molar-refractivity contribution < 1.29 is 22.7 Å². The van der Waals surface area contributed by atoms with Gasteiger partial charge in [0.1, 0.15) is 11.6 Å². The molecule has 0 radical (unpaired) electrons. The van der Waals surface area contributed by atoms with Crippen LogP contribution in [0.2, 0.25) is 0 Å². The zero-order valence-corrected chi connectivity index (χ0v) is 18.3. The number of nitrogens with one attached hydrogen (secondary N) is 1. The molecule has 0 saturated carbocycles. The minimum atomic E-state index is -2.91. The van der Waals surface area contributed by atoms with E-state index in [1.807, 2.05) is 0 Å². The van der Waals surface area contributed by atoms with Gasteiger partial charge in [0.15, 0.2) is 11.4 Å². The Balaban J connectivity index is 1.79. The summed E-state index contributed by atoms with van der Waals surface area (Å²) in [6, 6.07) is 6.81. The quantitative estimate of drug-likeness (QED) is 0.590. The van der Waals surface area contributed by atoms with E-state index in [-0.39, 0.29) is 11.5 Å². The van der Waals surface area contributed by atoms with E-state index in [9.17, 15) is 18.0 Å². The number of carbonyl (C=O) groups is 1. The number of amides is 1. The summed E-state index contributed by atoms with van der Waals surface area (Å²) >= 11 is 0. The van der Waals surface area contributed by atoms with Crippen LogP contribution in [0.4, 0.5) is 24.7 Å². The number of halogens is 3. The van der Waals surface area contributed by atoms with E-state index in [0.29, 0.717) is 28.3 Å². The molecule has 0 unspecified atom stereocenters. The summed E-state index contributed by atoms with van der Waals surface area (Å²) in [7, 11) is 1.67. The highest BCUT2D eigenvalue weighted by Gasteiger charge is 2.39. The maximum atomic E-state index is 14.6. The standard InChI is InChI=1S/C23H23F3N4O2/c1-11(13-7-6-8-14(19(13)24)20(25)26)27-21-16-9-17-18(10-15(16)12(2)28-29-21)32-23(3,4)22(31)30(17)5/h6-11,20H,1-5H3,(H,27,29)/t11-/m1/s1. The Morgan fingerprint density at radius 3 is 2.50 bits per heavy atom. The lowest BCUT2D eigenvalue weighted by Gasteiger charge is -2.37. The SMILES string of the molecule is Cc1nnc(N[C@H](C)c2cccc(C(F)F)c2F)c2cc3c(cc12)OC(C)(C)C(=O)N3C. The molecule has 168 valence electrons. The van der Waals surface area contributed by atoms with Crippen LogP contribution in [0.5, 0.6) is 5.75 Å². The van der Waals surface area contributed by atoms with Gasteiger partial charge in [-0.05, 0) is 39.8 Å². The maximum absolute atomic E-state index is 14.6. The summed E-state index contributed by atoms with van der Waals surface area (Å²) in [4.78, 5) is 14.2. The second-order valence-electron chi connectivity index (χ2n) is 8.39. The van der Waals surface area contributed by atoms with Crippen LogP contribution < -0.4 is 15.0 Å². The summed E-state index contributed by atoms with van der Waals surface area (Å²) < 4.78 is 46.8. The molecule has 1 atom stereocenters. The third kappa shape index (κ3) is 3.51. The lowest BCUT2D eigenvalue weighted by Crippen LogP contribution is -2.50. The van der Waals surface area contributed by atoms with Gasteiger partial charge in [-0.1, -0.05) is 18.2 Å². The van der Waals surface area contributed by atoms with Crippen LogP contribution in [0.25, 0.3) is 10.8 Å². The number of hydrogen-bond donors (Lipinski definition) is 1. The number of fused-ring (bicyclic) bond motifs is 2. The average Bonchev–Trinajstić information content (AvgIpc) is 2.73. The van der Waals surface area contributed by atoms with E-state index in [4.69, 9.17) is 4.74 Å². The molecule has 0 fully saturated rings. The first kappa shape index (κ1) is 21.9. The lowest BCUT2D eigenvalue weighted by molar-refractivity contribution is -0.132. The highest BCUT2D eigenvalue weighted by atomic mass is 19.3. The molecule has 32 heavy (non-hydrogen) atoms. The third-order valence-corrected chi connectivity index (χ3v) is 5.70. The van der Waals surface area contributed by atoms with Crippen LogP contribution in [-0.4, -0.2) is 28.8 Å². The van der Waals surface area contributed by atoms with Gasteiger partial charge in [-0.15, -0.1) is 5.10 Å². The van der Waals surface area contributed by atoms with Crippen LogP contribution >= 0.6 is 0 Å². The molecule has 6 nitrogen and oxygen atoms in total. The van der Waals surface area contributed by atoms with Gasteiger partial charge in [0, 0.05) is 23.4 Å². The minimum Gasteiger partial charge on any atom is -0.476 e. The van der Waals surface area contributed by atoms with E-state index >= 15 is 0 Å². The zero-order valence-electron chi connectivity index (χ0n) is 18.3. The molecule has 0 bridgehead atoms. The van der Waals surface area contributed by atoms with Crippen molar-refractivity contribution in [2.45, 2.75) is 45.8 Å². The molecule has 2 aromatic carbocycles. The predicted molar refractivity (Wildman–Crippen MR) is 116 cm³/mol.